The predicted octanol–water partition coefficient (Wildman–Crippen LogP) is 3.23. The maximum Gasteiger partial charge on any atom is 0.261 e. The second kappa shape index (κ2) is 8.79. The molecule has 0 spiro atoms. The van der Waals surface area contributed by atoms with Gasteiger partial charge in [-0.25, -0.2) is 17.8 Å². The minimum absolute atomic E-state index is 0.179. The van der Waals surface area contributed by atoms with Gasteiger partial charge >= 0.3 is 0 Å². The molecule has 0 aromatic carbocycles. The predicted molar refractivity (Wildman–Crippen MR) is 105 cm³/mol. The first-order valence-corrected chi connectivity index (χ1v) is 10.8. The summed E-state index contributed by atoms with van der Waals surface area (Å²) < 4.78 is 41.8. The van der Waals surface area contributed by atoms with E-state index in [0.717, 1.165) is 19.5 Å². The second-order valence-corrected chi connectivity index (χ2v) is 8.67. The molecule has 9 heteroatoms. The highest BCUT2D eigenvalue weighted by atomic mass is 32.2. The molecule has 1 fully saturated rings. The molecule has 0 unspecified atom stereocenters. The standard InChI is InChI=1S/C17H25FN4O2S2/c1-5-22(14-6-7-19-9-14)16(12(2)3)8-15(18)13(4)26(23,24)21-17-10-25-11-20-17/h8,10-11,14,19,21H,2,5-7,9H2,1,3-4H3/b15-13-,16-8+/t14-/m0/s1. The van der Waals surface area contributed by atoms with Gasteiger partial charge in [0.15, 0.2) is 5.82 Å². The van der Waals surface area contributed by atoms with Crippen LogP contribution in [0.3, 0.4) is 0 Å². The van der Waals surface area contributed by atoms with Gasteiger partial charge in [0, 0.05) is 30.2 Å². The molecule has 0 saturated carbocycles. The van der Waals surface area contributed by atoms with Gasteiger partial charge in [0.2, 0.25) is 0 Å². The summed E-state index contributed by atoms with van der Waals surface area (Å²) in [5, 5.41) is 4.84. The van der Waals surface area contributed by atoms with Gasteiger partial charge in [-0.3, -0.25) is 4.72 Å². The molecule has 1 saturated heterocycles. The first kappa shape index (κ1) is 20.6. The number of sulfonamides is 1. The number of aromatic nitrogens is 1. The molecule has 1 aromatic rings. The topological polar surface area (TPSA) is 74.3 Å². The van der Waals surface area contributed by atoms with Crippen molar-refractivity contribution in [1.29, 1.82) is 0 Å². The summed E-state index contributed by atoms with van der Waals surface area (Å²) >= 11 is 1.25. The van der Waals surface area contributed by atoms with E-state index in [9.17, 15) is 12.8 Å². The molecule has 0 amide bonds. The number of halogens is 1. The zero-order valence-corrected chi connectivity index (χ0v) is 16.9. The molecule has 2 N–H and O–H groups in total. The van der Waals surface area contributed by atoms with E-state index in [1.165, 1.54) is 29.8 Å². The largest absolute Gasteiger partial charge is 0.367 e. The molecular weight excluding hydrogens is 375 g/mol. The molecule has 1 aliphatic rings. The summed E-state index contributed by atoms with van der Waals surface area (Å²) in [6.07, 6.45) is 2.21. The summed E-state index contributed by atoms with van der Waals surface area (Å²) in [5.41, 5.74) is 2.80. The van der Waals surface area contributed by atoms with E-state index in [1.807, 2.05) is 6.92 Å². The van der Waals surface area contributed by atoms with Crippen molar-refractivity contribution in [2.45, 2.75) is 33.2 Å². The van der Waals surface area contributed by atoms with Crippen molar-refractivity contribution >= 4 is 27.2 Å². The van der Waals surface area contributed by atoms with Crippen LogP contribution in [0.5, 0.6) is 0 Å². The minimum Gasteiger partial charge on any atom is -0.367 e. The monoisotopic (exact) mass is 400 g/mol. The van der Waals surface area contributed by atoms with Crippen LogP contribution < -0.4 is 10.0 Å². The normalized spacial score (nSPS) is 19.2. The number of thiazole rings is 1. The van der Waals surface area contributed by atoms with Crippen LogP contribution >= 0.6 is 11.3 Å². The zero-order chi connectivity index (χ0) is 19.3. The third-order valence-corrected chi connectivity index (χ3v) is 6.30. The Bertz CT molecular complexity index is 795. The molecular formula is C17H25FN4O2S2. The van der Waals surface area contributed by atoms with Gasteiger partial charge in [-0.05, 0) is 45.4 Å². The van der Waals surface area contributed by atoms with Crippen LogP contribution in [-0.4, -0.2) is 44.0 Å². The highest BCUT2D eigenvalue weighted by molar-refractivity contribution is 7.96. The third kappa shape index (κ3) is 4.93. The maximum absolute atomic E-state index is 14.8. The van der Waals surface area contributed by atoms with Crippen molar-refractivity contribution in [2.24, 2.45) is 0 Å². The fourth-order valence-electron chi connectivity index (χ4n) is 2.81. The summed E-state index contributed by atoms with van der Waals surface area (Å²) in [5.74, 6) is -0.631. The van der Waals surface area contributed by atoms with Crippen LogP contribution in [0.15, 0.2) is 45.5 Å². The number of nitrogens with zero attached hydrogens (tertiary/aromatic N) is 2. The van der Waals surface area contributed by atoms with Crippen LogP contribution in [-0.2, 0) is 10.0 Å². The smallest absolute Gasteiger partial charge is 0.261 e. The lowest BCUT2D eigenvalue weighted by molar-refractivity contribution is 0.284. The van der Waals surface area contributed by atoms with Crippen molar-refractivity contribution < 1.29 is 12.8 Å². The van der Waals surface area contributed by atoms with E-state index in [2.05, 4.69) is 26.5 Å². The average Bonchev–Trinajstić information content (AvgIpc) is 3.27. The lowest BCUT2D eigenvalue weighted by Crippen LogP contribution is -2.36. The first-order chi connectivity index (χ1) is 12.3. The Morgan fingerprint density at radius 3 is 2.81 bits per heavy atom. The average molecular weight is 401 g/mol. The molecule has 0 radical (unpaired) electrons. The van der Waals surface area contributed by atoms with Gasteiger partial charge < -0.3 is 10.2 Å². The van der Waals surface area contributed by atoms with E-state index in [4.69, 9.17) is 0 Å². The number of nitrogens with one attached hydrogen (secondary N) is 2. The molecule has 1 aliphatic heterocycles. The number of hydrogen-bond acceptors (Lipinski definition) is 6. The lowest BCUT2D eigenvalue weighted by Gasteiger charge is -2.32. The van der Waals surface area contributed by atoms with Gasteiger partial charge in [0.1, 0.15) is 5.83 Å². The SMILES string of the molecule is C=C(C)/C(=C\C(F)=C(/C)S(=O)(=O)Nc1cscn1)N(CC)[C@H]1CCNC1. The fourth-order valence-corrected chi connectivity index (χ4v) is 4.22. The Hall–Kier alpha value is -1.71. The maximum atomic E-state index is 14.8. The molecule has 0 aliphatic carbocycles. The highest BCUT2D eigenvalue weighted by Gasteiger charge is 2.25. The fraction of sp³-hybridized carbons (Fsp3) is 0.471. The van der Waals surface area contributed by atoms with Crippen molar-refractivity contribution in [3.63, 3.8) is 0 Å². The van der Waals surface area contributed by atoms with E-state index in [1.54, 1.807) is 12.3 Å². The molecule has 144 valence electrons. The molecule has 26 heavy (non-hydrogen) atoms. The van der Waals surface area contributed by atoms with Crippen molar-refractivity contribution in [2.75, 3.05) is 24.4 Å². The van der Waals surface area contributed by atoms with E-state index in [-0.39, 0.29) is 16.8 Å². The first-order valence-electron chi connectivity index (χ1n) is 8.38. The summed E-state index contributed by atoms with van der Waals surface area (Å²) in [7, 11) is -4.01. The Labute approximate surface area is 158 Å². The van der Waals surface area contributed by atoms with E-state index in [0.29, 0.717) is 17.8 Å². The van der Waals surface area contributed by atoms with Gasteiger partial charge in [0.05, 0.1) is 10.4 Å². The number of anilines is 1. The molecule has 1 atom stereocenters. The van der Waals surface area contributed by atoms with Gasteiger partial charge in [-0.2, -0.15) is 0 Å². The van der Waals surface area contributed by atoms with Crippen LogP contribution in [0.25, 0.3) is 0 Å². The third-order valence-electron chi connectivity index (χ3n) is 4.24. The number of likely N-dealkylation sites (N-methyl/N-ethyl adjacent to an activating group) is 1. The quantitative estimate of drug-likeness (QED) is 0.656. The summed E-state index contributed by atoms with van der Waals surface area (Å²) in [6, 6.07) is 0.237. The van der Waals surface area contributed by atoms with Gasteiger partial charge in [-0.15, -0.1) is 11.3 Å². The molecule has 1 aromatic heterocycles. The van der Waals surface area contributed by atoms with E-state index < -0.39 is 15.9 Å². The molecule has 2 heterocycles. The summed E-state index contributed by atoms with van der Waals surface area (Å²) in [4.78, 5) is 5.55. The molecule has 0 bridgehead atoms. The van der Waals surface area contributed by atoms with Crippen molar-refractivity contribution in [3.05, 3.63) is 45.5 Å². The Kier molecular flexibility index (Phi) is 6.96. The lowest BCUT2D eigenvalue weighted by atomic mass is 10.1. The van der Waals surface area contributed by atoms with Crippen molar-refractivity contribution in [3.8, 4) is 0 Å². The summed E-state index contributed by atoms with van der Waals surface area (Å²) in [6.45, 7) is 11.4. The Morgan fingerprint density at radius 2 is 2.31 bits per heavy atom. The van der Waals surface area contributed by atoms with Crippen LogP contribution in [0.1, 0.15) is 27.2 Å². The highest BCUT2D eigenvalue weighted by Crippen LogP contribution is 2.25. The molecule has 6 nitrogen and oxygen atoms in total. The second-order valence-electron chi connectivity index (χ2n) is 6.13. The van der Waals surface area contributed by atoms with E-state index >= 15 is 0 Å². The minimum atomic E-state index is -4.01. The number of hydrogen-bond donors (Lipinski definition) is 2. The van der Waals surface area contributed by atoms with Crippen molar-refractivity contribution in [1.82, 2.24) is 15.2 Å². The Morgan fingerprint density at radius 1 is 1.58 bits per heavy atom. The van der Waals surface area contributed by atoms with Gasteiger partial charge in [-0.1, -0.05) is 6.58 Å². The number of rotatable bonds is 8. The van der Waals surface area contributed by atoms with Crippen LogP contribution in [0, 0.1) is 0 Å². The zero-order valence-electron chi connectivity index (χ0n) is 15.3. The Balaban J connectivity index is 2.34. The van der Waals surface area contributed by atoms with Gasteiger partial charge in [0.25, 0.3) is 10.0 Å². The molecule has 2 rings (SSSR count). The number of allylic oxidation sites excluding steroid dienone is 4. The van der Waals surface area contributed by atoms with Crippen LogP contribution in [0.4, 0.5) is 10.2 Å². The van der Waals surface area contributed by atoms with Crippen LogP contribution in [0.2, 0.25) is 0 Å².